The summed E-state index contributed by atoms with van der Waals surface area (Å²) in [5.41, 5.74) is 4.83. The van der Waals surface area contributed by atoms with Gasteiger partial charge in [0.15, 0.2) is 0 Å². The second kappa shape index (κ2) is 6.04. The third-order valence-electron chi connectivity index (χ3n) is 4.31. The number of aromatic nitrogens is 4. The third kappa shape index (κ3) is 2.69. The normalized spacial score (nSPS) is 11.2. The summed E-state index contributed by atoms with van der Waals surface area (Å²) in [6.45, 7) is 0.405. The Morgan fingerprint density at radius 1 is 0.923 bits per heavy atom. The fraction of sp³-hybridized carbons (Fsp3) is 0.0476. The number of imidazole rings is 2. The Balaban J connectivity index is 1.44. The van der Waals surface area contributed by atoms with Crippen LogP contribution in [0.4, 0.5) is 0 Å². The molecule has 0 aliphatic heterocycles. The van der Waals surface area contributed by atoms with E-state index in [1.807, 2.05) is 77.5 Å². The van der Waals surface area contributed by atoms with Gasteiger partial charge >= 0.3 is 0 Å². The van der Waals surface area contributed by atoms with Crippen LogP contribution in [-0.4, -0.2) is 19.4 Å². The number of nitrogens with one attached hydrogen (secondary N) is 1. The number of aromatic amines is 1. The molecule has 0 aliphatic rings. The van der Waals surface area contributed by atoms with Gasteiger partial charge in [0.05, 0.1) is 16.7 Å². The molecule has 3 heterocycles. The van der Waals surface area contributed by atoms with Crippen molar-refractivity contribution in [3.63, 3.8) is 0 Å². The Labute approximate surface area is 149 Å². The van der Waals surface area contributed by atoms with E-state index in [-0.39, 0.29) is 0 Å². The van der Waals surface area contributed by atoms with Gasteiger partial charge in [-0.05, 0) is 36.4 Å². The van der Waals surface area contributed by atoms with Gasteiger partial charge in [-0.1, -0.05) is 30.3 Å². The van der Waals surface area contributed by atoms with E-state index in [4.69, 9.17) is 4.74 Å². The van der Waals surface area contributed by atoms with Gasteiger partial charge < -0.3 is 14.1 Å². The average molecular weight is 340 g/mol. The monoisotopic (exact) mass is 340 g/mol. The van der Waals surface area contributed by atoms with Crippen LogP contribution in [0.3, 0.4) is 0 Å². The molecule has 0 fully saturated rings. The minimum atomic E-state index is 0.405. The molecule has 5 aromatic rings. The zero-order valence-corrected chi connectivity index (χ0v) is 14.0. The molecule has 0 atom stereocenters. The maximum absolute atomic E-state index is 5.77. The van der Waals surface area contributed by atoms with Crippen LogP contribution >= 0.6 is 0 Å². The van der Waals surface area contributed by atoms with E-state index in [1.54, 1.807) is 0 Å². The molecule has 0 saturated carbocycles. The molecule has 0 bridgehead atoms. The van der Waals surface area contributed by atoms with Gasteiger partial charge in [0, 0.05) is 18.0 Å². The maximum Gasteiger partial charge on any atom is 0.146 e. The first-order chi connectivity index (χ1) is 12.8. The number of benzene rings is 2. The first-order valence-electron chi connectivity index (χ1n) is 8.46. The van der Waals surface area contributed by atoms with E-state index in [2.05, 4.69) is 21.0 Å². The molecule has 2 aromatic carbocycles. The van der Waals surface area contributed by atoms with E-state index in [1.165, 1.54) is 0 Å². The summed E-state index contributed by atoms with van der Waals surface area (Å²) in [4.78, 5) is 12.6. The number of H-pyrrole nitrogens is 1. The van der Waals surface area contributed by atoms with Crippen LogP contribution in [0.15, 0.2) is 79.1 Å². The van der Waals surface area contributed by atoms with Gasteiger partial charge in [0.25, 0.3) is 0 Å². The van der Waals surface area contributed by atoms with Crippen molar-refractivity contribution in [1.29, 1.82) is 0 Å². The zero-order valence-electron chi connectivity index (χ0n) is 14.0. The first kappa shape index (κ1) is 14.7. The van der Waals surface area contributed by atoms with E-state index in [9.17, 15) is 0 Å². The van der Waals surface area contributed by atoms with Crippen LogP contribution in [0.2, 0.25) is 0 Å². The van der Waals surface area contributed by atoms with Crippen molar-refractivity contribution in [2.45, 2.75) is 6.61 Å². The quantitative estimate of drug-likeness (QED) is 0.526. The number of fused-ring (bicyclic) bond motifs is 2. The Hall–Kier alpha value is -3.60. The van der Waals surface area contributed by atoms with Gasteiger partial charge in [-0.3, -0.25) is 0 Å². The lowest BCUT2D eigenvalue weighted by atomic mass is 10.1. The van der Waals surface area contributed by atoms with Gasteiger partial charge in [0.1, 0.15) is 23.8 Å². The summed E-state index contributed by atoms with van der Waals surface area (Å²) < 4.78 is 7.79. The molecule has 1 N–H and O–H groups in total. The number of ether oxygens (including phenoxy) is 1. The highest BCUT2D eigenvalue weighted by atomic mass is 16.5. The molecule has 0 radical (unpaired) electrons. The molecule has 0 unspecified atom stereocenters. The molecule has 0 aliphatic carbocycles. The molecular formula is C21H16N4O. The largest absolute Gasteiger partial charge is 0.486 e. The highest BCUT2D eigenvalue weighted by molar-refractivity contribution is 5.81. The fourth-order valence-corrected chi connectivity index (χ4v) is 3.03. The number of nitrogens with zero attached hydrogens (tertiary/aromatic N) is 3. The molecule has 0 spiro atoms. The van der Waals surface area contributed by atoms with Crippen molar-refractivity contribution in [1.82, 2.24) is 19.4 Å². The molecule has 5 heteroatoms. The molecule has 26 heavy (non-hydrogen) atoms. The molecule has 5 nitrogen and oxygen atoms in total. The lowest BCUT2D eigenvalue weighted by Gasteiger charge is -2.02. The predicted molar refractivity (Wildman–Crippen MR) is 101 cm³/mol. The molecule has 0 saturated heterocycles. The third-order valence-corrected chi connectivity index (χ3v) is 4.31. The molecule has 3 aromatic heterocycles. The van der Waals surface area contributed by atoms with Crippen molar-refractivity contribution in [2.75, 3.05) is 0 Å². The zero-order chi connectivity index (χ0) is 17.3. The molecule has 126 valence electrons. The van der Waals surface area contributed by atoms with Gasteiger partial charge in [-0.25, -0.2) is 9.97 Å². The number of pyridine rings is 1. The number of hydrogen-bond donors (Lipinski definition) is 1. The van der Waals surface area contributed by atoms with Crippen LogP contribution < -0.4 is 4.74 Å². The van der Waals surface area contributed by atoms with Gasteiger partial charge in [0.2, 0.25) is 0 Å². The predicted octanol–water partition coefficient (Wildman–Crippen LogP) is 4.46. The minimum absolute atomic E-state index is 0.405. The topological polar surface area (TPSA) is 55.2 Å². The van der Waals surface area contributed by atoms with Crippen molar-refractivity contribution in [3.05, 3.63) is 84.9 Å². The number of rotatable bonds is 4. The Morgan fingerprint density at radius 2 is 1.81 bits per heavy atom. The fourth-order valence-electron chi connectivity index (χ4n) is 3.03. The second-order valence-corrected chi connectivity index (χ2v) is 6.11. The first-order valence-corrected chi connectivity index (χ1v) is 8.46. The van der Waals surface area contributed by atoms with Crippen LogP contribution in [-0.2, 0) is 6.61 Å². The van der Waals surface area contributed by atoms with Crippen LogP contribution in [0.1, 0.15) is 5.82 Å². The van der Waals surface area contributed by atoms with Crippen LogP contribution in [0, 0.1) is 0 Å². The minimum Gasteiger partial charge on any atom is -0.486 e. The van der Waals surface area contributed by atoms with E-state index < -0.39 is 0 Å². The maximum atomic E-state index is 5.77. The Kier molecular flexibility index (Phi) is 3.42. The molecule has 0 amide bonds. The Morgan fingerprint density at radius 3 is 2.69 bits per heavy atom. The summed E-state index contributed by atoms with van der Waals surface area (Å²) in [6.07, 6.45) is 4.03. The molecule has 5 rings (SSSR count). The van der Waals surface area contributed by atoms with Gasteiger partial charge in [-0.15, -0.1) is 0 Å². The summed E-state index contributed by atoms with van der Waals surface area (Å²) in [5.74, 6) is 1.63. The van der Waals surface area contributed by atoms with Crippen LogP contribution in [0.25, 0.3) is 27.9 Å². The summed E-state index contributed by atoms with van der Waals surface area (Å²) in [6, 6.07) is 21.9. The standard InChI is InChI=1S/C21H16N4O/c1-2-6-16(7-3-1)26-14-20-22-17-10-9-15(12-18(17)23-20)19-13-25-11-5-4-8-21(25)24-19/h1-13H,14H2,(H,22,23). The van der Waals surface area contributed by atoms with Crippen molar-refractivity contribution < 1.29 is 4.74 Å². The lowest BCUT2D eigenvalue weighted by molar-refractivity contribution is 0.297. The summed E-state index contributed by atoms with van der Waals surface area (Å²) >= 11 is 0. The highest BCUT2D eigenvalue weighted by Gasteiger charge is 2.08. The molecular weight excluding hydrogens is 324 g/mol. The highest BCUT2D eigenvalue weighted by Crippen LogP contribution is 2.23. The smallest absolute Gasteiger partial charge is 0.146 e. The number of hydrogen-bond acceptors (Lipinski definition) is 3. The summed E-state index contributed by atoms with van der Waals surface area (Å²) in [5, 5.41) is 0. The van der Waals surface area contributed by atoms with Crippen molar-refractivity contribution >= 4 is 16.7 Å². The lowest BCUT2D eigenvalue weighted by Crippen LogP contribution is -1.96. The van der Waals surface area contributed by atoms with E-state index in [0.717, 1.165) is 39.5 Å². The second-order valence-electron chi connectivity index (χ2n) is 6.11. The van der Waals surface area contributed by atoms with Crippen LogP contribution in [0.5, 0.6) is 5.75 Å². The average Bonchev–Trinajstić information content (AvgIpc) is 3.30. The number of para-hydroxylation sites is 1. The van der Waals surface area contributed by atoms with E-state index >= 15 is 0 Å². The van der Waals surface area contributed by atoms with E-state index in [0.29, 0.717) is 6.61 Å². The van der Waals surface area contributed by atoms with Gasteiger partial charge in [-0.2, -0.15) is 0 Å². The SMILES string of the molecule is c1ccc(OCc2nc3ccc(-c4cn5ccccc5n4)cc3[nH]2)cc1. The summed E-state index contributed by atoms with van der Waals surface area (Å²) in [7, 11) is 0. The van der Waals surface area contributed by atoms with Crippen molar-refractivity contribution in [2.24, 2.45) is 0 Å². The Bertz CT molecular complexity index is 1160. The van der Waals surface area contributed by atoms with Crippen molar-refractivity contribution in [3.8, 4) is 17.0 Å².